The van der Waals surface area contributed by atoms with Crippen molar-refractivity contribution in [1.82, 2.24) is 5.32 Å². The fourth-order valence-electron chi connectivity index (χ4n) is 1.63. The molecule has 0 spiro atoms. The van der Waals surface area contributed by atoms with Crippen molar-refractivity contribution < 1.29 is 0 Å². The highest BCUT2D eigenvalue weighted by atomic mass is 32.2. The smallest absolute Gasteiger partial charge is 0.0130 e. The Morgan fingerprint density at radius 3 is 2.50 bits per heavy atom. The van der Waals surface area contributed by atoms with E-state index in [1.165, 1.54) is 17.1 Å². The van der Waals surface area contributed by atoms with Crippen LogP contribution in [0.15, 0.2) is 30.3 Å². The van der Waals surface area contributed by atoms with E-state index in [2.05, 4.69) is 56.4 Å². The maximum absolute atomic E-state index is 3.59. The molecule has 0 bridgehead atoms. The van der Waals surface area contributed by atoms with Crippen molar-refractivity contribution in [2.24, 2.45) is 0 Å². The van der Waals surface area contributed by atoms with Gasteiger partial charge in [0.1, 0.15) is 0 Å². The molecule has 0 radical (unpaired) electrons. The normalized spacial score (nSPS) is 14.7. The van der Waals surface area contributed by atoms with Crippen LogP contribution in [-0.2, 0) is 0 Å². The first kappa shape index (κ1) is 13.6. The molecule has 1 aromatic carbocycles. The highest BCUT2D eigenvalue weighted by Gasteiger charge is 2.06. The first-order valence-electron chi connectivity index (χ1n) is 6.10. The van der Waals surface area contributed by atoms with Crippen molar-refractivity contribution in [3.05, 3.63) is 35.9 Å². The van der Waals surface area contributed by atoms with Gasteiger partial charge < -0.3 is 5.32 Å². The molecule has 0 aliphatic heterocycles. The van der Waals surface area contributed by atoms with Crippen LogP contribution in [-0.4, -0.2) is 24.1 Å². The Morgan fingerprint density at radius 1 is 1.19 bits per heavy atom. The van der Waals surface area contributed by atoms with Gasteiger partial charge in [0.25, 0.3) is 0 Å². The molecule has 1 nitrogen and oxygen atoms in total. The summed E-state index contributed by atoms with van der Waals surface area (Å²) in [7, 11) is 0. The van der Waals surface area contributed by atoms with Crippen molar-refractivity contribution in [1.29, 1.82) is 0 Å². The van der Waals surface area contributed by atoms with Crippen LogP contribution in [0.3, 0.4) is 0 Å². The Morgan fingerprint density at radius 2 is 1.88 bits per heavy atom. The standard InChI is InChI=1S/C14H23NS/c1-4-16-11-13(3)15-10-12(2)14-8-6-5-7-9-14/h5-9,12-13,15H,4,10-11H2,1-3H3. The van der Waals surface area contributed by atoms with E-state index in [4.69, 9.17) is 0 Å². The summed E-state index contributed by atoms with van der Waals surface area (Å²) >= 11 is 2.00. The second kappa shape index (κ2) is 7.75. The van der Waals surface area contributed by atoms with E-state index in [9.17, 15) is 0 Å². The van der Waals surface area contributed by atoms with Crippen LogP contribution < -0.4 is 5.32 Å². The van der Waals surface area contributed by atoms with E-state index in [0.717, 1.165) is 6.54 Å². The highest BCUT2D eigenvalue weighted by molar-refractivity contribution is 7.99. The van der Waals surface area contributed by atoms with Gasteiger partial charge in [0.2, 0.25) is 0 Å². The molecule has 90 valence electrons. The summed E-state index contributed by atoms with van der Waals surface area (Å²) in [6.07, 6.45) is 0. The summed E-state index contributed by atoms with van der Waals surface area (Å²) < 4.78 is 0. The van der Waals surface area contributed by atoms with Crippen molar-refractivity contribution in [3.63, 3.8) is 0 Å². The summed E-state index contributed by atoms with van der Waals surface area (Å²) in [5.41, 5.74) is 1.42. The van der Waals surface area contributed by atoms with Gasteiger partial charge in [-0.3, -0.25) is 0 Å². The lowest BCUT2D eigenvalue weighted by molar-refractivity contribution is 0.553. The second-order valence-corrected chi connectivity index (χ2v) is 5.60. The van der Waals surface area contributed by atoms with E-state index in [1.807, 2.05) is 11.8 Å². The molecule has 1 rings (SSSR count). The first-order chi connectivity index (χ1) is 7.74. The van der Waals surface area contributed by atoms with Gasteiger partial charge in [0, 0.05) is 18.3 Å². The number of benzene rings is 1. The molecule has 0 fully saturated rings. The number of hydrogen-bond donors (Lipinski definition) is 1. The zero-order valence-electron chi connectivity index (χ0n) is 10.6. The fraction of sp³-hybridized carbons (Fsp3) is 0.571. The molecule has 1 N–H and O–H groups in total. The molecule has 16 heavy (non-hydrogen) atoms. The highest BCUT2D eigenvalue weighted by Crippen LogP contribution is 2.13. The molecule has 0 amide bonds. The van der Waals surface area contributed by atoms with Crippen molar-refractivity contribution in [2.75, 3.05) is 18.1 Å². The molecule has 0 aromatic heterocycles. The lowest BCUT2D eigenvalue weighted by Crippen LogP contribution is -2.31. The molecule has 0 saturated carbocycles. The van der Waals surface area contributed by atoms with Crippen LogP contribution in [0.2, 0.25) is 0 Å². The minimum atomic E-state index is 0.593. The van der Waals surface area contributed by atoms with E-state index in [-0.39, 0.29) is 0 Å². The van der Waals surface area contributed by atoms with E-state index in [0.29, 0.717) is 12.0 Å². The molecule has 0 aliphatic rings. The van der Waals surface area contributed by atoms with Gasteiger partial charge in [-0.15, -0.1) is 0 Å². The van der Waals surface area contributed by atoms with Gasteiger partial charge in [0.15, 0.2) is 0 Å². The maximum atomic E-state index is 3.59. The lowest BCUT2D eigenvalue weighted by Gasteiger charge is -2.17. The topological polar surface area (TPSA) is 12.0 Å². The largest absolute Gasteiger partial charge is 0.313 e. The molecule has 1 aromatic rings. The third-order valence-corrected chi connectivity index (χ3v) is 3.86. The maximum Gasteiger partial charge on any atom is 0.0130 e. The number of thioether (sulfide) groups is 1. The Kier molecular flexibility index (Phi) is 6.58. The summed E-state index contributed by atoms with van der Waals surface area (Å²) in [5, 5.41) is 3.59. The average Bonchev–Trinajstić information content (AvgIpc) is 2.34. The molecular weight excluding hydrogens is 214 g/mol. The quantitative estimate of drug-likeness (QED) is 0.778. The van der Waals surface area contributed by atoms with E-state index < -0.39 is 0 Å². The van der Waals surface area contributed by atoms with Crippen LogP contribution >= 0.6 is 11.8 Å². The van der Waals surface area contributed by atoms with Crippen LogP contribution in [0, 0.1) is 0 Å². The first-order valence-corrected chi connectivity index (χ1v) is 7.25. The van der Waals surface area contributed by atoms with E-state index in [1.54, 1.807) is 0 Å². The molecule has 2 atom stereocenters. The van der Waals surface area contributed by atoms with Gasteiger partial charge >= 0.3 is 0 Å². The monoisotopic (exact) mass is 237 g/mol. The van der Waals surface area contributed by atoms with Crippen LogP contribution in [0.1, 0.15) is 32.3 Å². The predicted molar refractivity (Wildman–Crippen MR) is 75.3 cm³/mol. The molecule has 2 unspecified atom stereocenters. The average molecular weight is 237 g/mol. The van der Waals surface area contributed by atoms with Gasteiger partial charge in [-0.1, -0.05) is 44.2 Å². The van der Waals surface area contributed by atoms with Crippen molar-refractivity contribution in [3.8, 4) is 0 Å². The summed E-state index contributed by atoms with van der Waals surface area (Å²) in [5.74, 6) is 3.01. The van der Waals surface area contributed by atoms with Gasteiger partial charge in [0.05, 0.1) is 0 Å². The van der Waals surface area contributed by atoms with Crippen LogP contribution in [0.25, 0.3) is 0 Å². The Hall–Kier alpha value is -0.470. The van der Waals surface area contributed by atoms with Gasteiger partial charge in [-0.2, -0.15) is 11.8 Å². The van der Waals surface area contributed by atoms with E-state index >= 15 is 0 Å². The molecular formula is C14H23NS. The van der Waals surface area contributed by atoms with Crippen molar-refractivity contribution in [2.45, 2.75) is 32.7 Å². The lowest BCUT2D eigenvalue weighted by atomic mass is 10.0. The summed E-state index contributed by atoms with van der Waals surface area (Å²) in [6.45, 7) is 7.82. The minimum absolute atomic E-state index is 0.593. The fourth-order valence-corrected chi connectivity index (χ4v) is 2.34. The number of rotatable bonds is 7. The summed E-state index contributed by atoms with van der Waals surface area (Å²) in [6, 6.07) is 11.3. The van der Waals surface area contributed by atoms with Gasteiger partial charge in [-0.25, -0.2) is 0 Å². The second-order valence-electron chi connectivity index (χ2n) is 4.28. The van der Waals surface area contributed by atoms with Crippen molar-refractivity contribution >= 4 is 11.8 Å². The number of hydrogen-bond acceptors (Lipinski definition) is 2. The SMILES string of the molecule is CCSCC(C)NCC(C)c1ccccc1. The third kappa shape index (κ3) is 5.04. The minimum Gasteiger partial charge on any atom is -0.313 e. The summed E-state index contributed by atoms with van der Waals surface area (Å²) in [4.78, 5) is 0. The van der Waals surface area contributed by atoms with Crippen LogP contribution in [0.4, 0.5) is 0 Å². The zero-order valence-corrected chi connectivity index (χ0v) is 11.4. The Labute approximate surface area is 104 Å². The third-order valence-electron chi connectivity index (χ3n) is 2.71. The molecule has 0 heterocycles. The molecule has 0 saturated heterocycles. The molecule has 0 aliphatic carbocycles. The predicted octanol–water partition coefficient (Wildman–Crippen LogP) is 3.52. The number of nitrogens with one attached hydrogen (secondary N) is 1. The Balaban J connectivity index is 2.27. The van der Waals surface area contributed by atoms with Gasteiger partial charge in [-0.05, 0) is 24.2 Å². The van der Waals surface area contributed by atoms with Crippen LogP contribution in [0.5, 0.6) is 0 Å². The zero-order chi connectivity index (χ0) is 11.8. The Bertz CT molecular complexity index is 273. The molecule has 2 heteroatoms.